The standard InChI is InChI=1S/C29H21N/c1-20-13-15-21(16-14-20)23-17-18-29-26(19-23)25-10-4-5-11-28(25)30(29)27-12-6-8-22-7-2-3-9-24(22)27/h2-19H,1H3. The second-order valence-corrected chi connectivity index (χ2v) is 7.95. The van der Waals surface area contributed by atoms with Crippen LogP contribution < -0.4 is 0 Å². The van der Waals surface area contributed by atoms with Crippen molar-refractivity contribution in [2.45, 2.75) is 6.92 Å². The Kier molecular flexibility index (Phi) is 3.75. The number of nitrogens with zero attached hydrogens (tertiary/aromatic N) is 1. The summed E-state index contributed by atoms with van der Waals surface area (Å²) in [5, 5.41) is 5.11. The molecule has 1 aromatic heterocycles. The van der Waals surface area contributed by atoms with E-state index in [9.17, 15) is 0 Å². The Labute approximate surface area is 175 Å². The molecule has 0 amide bonds. The largest absolute Gasteiger partial charge is 0.309 e. The predicted octanol–water partition coefficient (Wildman–Crippen LogP) is 7.91. The van der Waals surface area contributed by atoms with Gasteiger partial charge in [-0.15, -0.1) is 0 Å². The van der Waals surface area contributed by atoms with Crippen LogP contribution in [-0.4, -0.2) is 4.57 Å². The zero-order valence-electron chi connectivity index (χ0n) is 16.8. The van der Waals surface area contributed by atoms with Crippen molar-refractivity contribution >= 4 is 32.6 Å². The van der Waals surface area contributed by atoms with Crippen LogP contribution in [0.1, 0.15) is 5.56 Å². The lowest BCUT2D eigenvalue weighted by Crippen LogP contribution is -1.95. The summed E-state index contributed by atoms with van der Waals surface area (Å²) in [5.74, 6) is 0. The van der Waals surface area contributed by atoms with Gasteiger partial charge in [0.05, 0.1) is 16.7 Å². The molecule has 0 aliphatic heterocycles. The summed E-state index contributed by atoms with van der Waals surface area (Å²) >= 11 is 0. The van der Waals surface area contributed by atoms with Crippen molar-refractivity contribution in [2.24, 2.45) is 0 Å². The van der Waals surface area contributed by atoms with Crippen molar-refractivity contribution in [1.82, 2.24) is 4.57 Å². The molecule has 1 nitrogen and oxygen atoms in total. The van der Waals surface area contributed by atoms with Crippen LogP contribution in [0.5, 0.6) is 0 Å². The third-order valence-corrected chi connectivity index (χ3v) is 6.07. The van der Waals surface area contributed by atoms with E-state index in [1.807, 2.05) is 0 Å². The number of hydrogen-bond donors (Lipinski definition) is 0. The molecule has 0 bridgehead atoms. The van der Waals surface area contributed by atoms with Crippen LogP contribution in [-0.2, 0) is 0 Å². The van der Waals surface area contributed by atoms with Crippen molar-refractivity contribution < 1.29 is 0 Å². The smallest absolute Gasteiger partial charge is 0.0541 e. The Bertz CT molecular complexity index is 1530. The summed E-state index contributed by atoms with van der Waals surface area (Å²) in [6.45, 7) is 2.13. The first-order chi connectivity index (χ1) is 14.8. The number of para-hydroxylation sites is 1. The molecule has 0 saturated carbocycles. The summed E-state index contributed by atoms with van der Waals surface area (Å²) in [6, 6.07) is 39.5. The van der Waals surface area contributed by atoms with Gasteiger partial charge in [0.25, 0.3) is 0 Å². The lowest BCUT2D eigenvalue weighted by atomic mass is 10.0. The quantitative estimate of drug-likeness (QED) is 0.286. The van der Waals surface area contributed by atoms with Crippen LogP contribution in [0.3, 0.4) is 0 Å². The molecule has 6 rings (SSSR count). The SMILES string of the molecule is Cc1ccc(-c2ccc3c(c2)c2ccccc2n3-c2cccc3ccccc23)cc1. The zero-order chi connectivity index (χ0) is 20.1. The fourth-order valence-electron chi connectivity index (χ4n) is 4.56. The van der Waals surface area contributed by atoms with Crippen molar-refractivity contribution in [3.8, 4) is 16.8 Å². The van der Waals surface area contributed by atoms with Crippen LogP contribution in [0.4, 0.5) is 0 Å². The molecule has 1 heteroatoms. The van der Waals surface area contributed by atoms with E-state index in [0.717, 1.165) is 0 Å². The Morgan fingerprint density at radius 2 is 1.17 bits per heavy atom. The summed E-state index contributed by atoms with van der Waals surface area (Å²) in [4.78, 5) is 0. The topological polar surface area (TPSA) is 4.93 Å². The molecule has 5 aromatic carbocycles. The maximum Gasteiger partial charge on any atom is 0.0541 e. The molecule has 0 N–H and O–H groups in total. The fraction of sp³-hybridized carbons (Fsp3) is 0.0345. The second-order valence-electron chi connectivity index (χ2n) is 7.95. The van der Waals surface area contributed by atoms with E-state index >= 15 is 0 Å². The van der Waals surface area contributed by atoms with E-state index in [0.29, 0.717) is 0 Å². The molecule has 0 atom stereocenters. The van der Waals surface area contributed by atoms with E-state index in [1.165, 1.54) is 55.0 Å². The molecular formula is C29H21N. The summed E-state index contributed by atoms with van der Waals surface area (Å²) in [7, 11) is 0. The van der Waals surface area contributed by atoms with E-state index < -0.39 is 0 Å². The van der Waals surface area contributed by atoms with Crippen LogP contribution in [0.15, 0.2) is 109 Å². The molecule has 0 saturated heterocycles. The summed E-state index contributed by atoms with van der Waals surface area (Å²) < 4.78 is 2.41. The molecule has 30 heavy (non-hydrogen) atoms. The number of aryl methyl sites for hydroxylation is 1. The predicted molar refractivity (Wildman–Crippen MR) is 128 cm³/mol. The van der Waals surface area contributed by atoms with Gasteiger partial charge in [-0.1, -0.05) is 90.5 Å². The summed E-state index contributed by atoms with van der Waals surface area (Å²) in [5.41, 5.74) is 7.50. The highest BCUT2D eigenvalue weighted by atomic mass is 15.0. The lowest BCUT2D eigenvalue weighted by molar-refractivity contribution is 1.20. The number of hydrogen-bond acceptors (Lipinski definition) is 0. The first-order valence-corrected chi connectivity index (χ1v) is 10.4. The van der Waals surface area contributed by atoms with Gasteiger partial charge < -0.3 is 4.57 Å². The molecule has 0 unspecified atom stereocenters. The van der Waals surface area contributed by atoms with E-state index in [2.05, 4.69) is 121 Å². The minimum atomic E-state index is 1.22. The number of benzene rings is 5. The number of rotatable bonds is 2. The Morgan fingerprint density at radius 1 is 0.500 bits per heavy atom. The maximum atomic E-state index is 2.41. The molecule has 6 aromatic rings. The molecule has 0 aliphatic rings. The lowest BCUT2D eigenvalue weighted by Gasteiger charge is -2.11. The van der Waals surface area contributed by atoms with Crippen LogP contribution in [0, 0.1) is 6.92 Å². The van der Waals surface area contributed by atoms with Crippen molar-refractivity contribution in [1.29, 1.82) is 0 Å². The molecule has 0 radical (unpaired) electrons. The zero-order valence-corrected chi connectivity index (χ0v) is 16.8. The second kappa shape index (κ2) is 6.60. The van der Waals surface area contributed by atoms with Crippen molar-refractivity contribution in [3.05, 3.63) is 115 Å². The van der Waals surface area contributed by atoms with Gasteiger partial charge in [-0.25, -0.2) is 0 Å². The van der Waals surface area contributed by atoms with Crippen molar-refractivity contribution in [3.63, 3.8) is 0 Å². The highest BCUT2D eigenvalue weighted by Crippen LogP contribution is 2.36. The highest BCUT2D eigenvalue weighted by Gasteiger charge is 2.14. The van der Waals surface area contributed by atoms with E-state index in [4.69, 9.17) is 0 Å². The van der Waals surface area contributed by atoms with Gasteiger partial charge in [0, 0.05) is 16.2 Å². The van der Waals surface area contributed by atoms with Gasteiger partial charge in [0.2, 0.25) is 0 Å². The van der Waals surface area contributed by atoms with Gasteiger partial charge in [0.1, 0.15) is 0 Å². The molecule has 0 fully saturated rings. The van der Waals surface area contributed by atoms with Gasteiger partial charge >= 0.3 is 0 Å². The van der Waals surface area contributed by atoms with Crippen LogP contribution in [0.2, 0.25) is 0 Å². The van der Waals surface area contributed by atoms with Gasteiger partial charge in [-0.3, -0.25) is 0 Å². The van der Waals surface area contributed by atoms with Gasteiger partial charge in [-0.05, 0) is 47.7 Å². The first kappa shape index (κ1) is 17.1. The number of aromatic nitrogens is 1. The van der Waals surface area contributed by atoms with Gasteiger partial charge in [-0.2, -0.15) is 0 Å². The third-order valence-electron chi connectivity index (χ3n) is 6.07. The first-order valence-electron chi connectivity index (χ1n) is 10.4. The Balaban J connectivity index is 1.69. The van der Waals surface area contributed by atoms with Crippen molar-refractivity contribution in [2.75, 3.05) is 0 Å². The Morgan fingerprint density at radius 3 is 2.03 bits per heavy atom. The van der Waals surface area contributed by atoms with Crippen LogP contribution >= 0.6 is 0 Å². The minimum absolute atomic E-state index is 1.22. The molecular weight excluding hydrogens is 362 g/mol. The molecule has 0 spiro atoms. The average molecular weight is 383 g/mol. The molecule has 142 valence electrons. The Hall–Kier alpha value is -3.84. The highest BCUT2D eigenvalue weighted by molar-refractivity contribution is 6.11. The summed E-state index contributed by atoms with van der Waals surface area (Å²) in [6.07, 6.45) is 0. The van der Waals surface area contributed by atoms with Crippen LogP contribution in [0.25, 0.3) is 49.4 Å². The van der Waals surface area contributed by atoms with E-state index in [-0.39, 0.29) is 0 Å². The normalized spacial score (nSPS) is 11.5. The molecule has 1 heterocycles. The number of fused-ring (bicyclic) bond motifs is 4. The third kappa shape index (κ3) is 2.56. The monoisotopic (exact) mass is 383 g/mol. The maximum absolute atomic E-state index is 2.41. The molecule has 0 aliphatic carbocycles. The minimum Gasteiger partial charge on any atom is -0.309 e. The fourth-order valence-corrected chi connectivity index (χ4v) is 4.56. The van der Waals surface area contributed by atoms with E-state index in [1.54, 1.807) is 0 Å². The average Bonchev–Trinajstić information content (AvgIpc) is 3.13. The van der Waals surface area contributed by atoms with Gasteiger partial charge in [0.15, 0.2) is 0 Å².